The zero-order chi connectivity index (χ0) is 35.0. The molecule has 0 bridgehead atoms. The highest BCUT2D eigenvalue weighted by molar-refractivity contribution is 6.25. The number of amides is 4. The lowest BCUT2D eigenvalue weighted by atomic mass is 9.51. The summed E-state index contributed by atoms with van der Waals surface area (Å²) in [5.74, 6) is -3.41. The molecule has 9 rings (SSSR count). The smallest absolute Gasteiger partial charge is 0.241 e. The van der Waals surface area contributed by atoms with Gasteiger partial charge in [0.25, 0.3) is 0 Å². The van der Waals surface area contributed by atoms with Crippen molar-refractivity contribution in [3.8, 4) is 11.5 Å². The Morgan fingerprint density at radius 3 is 2.20 bits per heavy atom. The molecule has 5 aliphatic rings. The van der Waals surface area contributed by atoms with Crippen molar-refractivity contribution < 1.29 is 29.0 Å². The van der Waals surface area contributed by atoms with Crippen LogP contribution in [0.25, 0.3) is 0 Å². The van der Waals surface area contributed by atoms with Crippen LogP contribution in [0.1, 0.15) is 25.3 Å². The van der Waals surface area contributed by atoms with Crippen molar-refractivity contribution in [3.63, 3.8) is 0 Å². The number of nitrogens with one attached hydrogen (secondary N) is 1. The summed E-state index contributed by atoms with van der Waals surface area (Å²) in [4.78, 5) is 60.3. The van der Waals surface area contributed by atoms with E-state index in [-0.39, 0.29) is 35.8 Å². The van der Waals surface area contributed by atoms with Crippen molar-refractivity contribution in [1.29, 1.82) is 0 Å². The molecule has 0 unspecified atom stereocenters. The number of phenols is 1. The van der Waals surface area contributed by atoms with Gasteiger partial charge in [-0.1, -0.05) is 48.0 Å². The van der Waals surface area contributed by atoms with Crippen LogP contribution in [0.15, 0.2) is 127 Å². The van der Waals surface area contributed by atoms with Crippen LogP contribution < -0.4 is 19.9 Å². The van der Waals surface area contributed by atoms with Gasteiger partial charge in [-0.2, -0.15) is 0 Å². The molecule has 6 atom stereocenters. The van der Waals surface area contributed by atoms with Crippen LogP contribution in [0.2, 0.25) is 0 Å². The summed E-state index contributed by atoms with van der Waals surface area (Å²) >= 11 is 0. The van der Waals surface area contributed by atoms with Gasteiger partial charge in [-0.15, -0.1) is 0 Å². The molecule has 254 valence electrons. The van der Waals surface area contributed by atoms with E-state index in [1.807, 2.05) is 61.5 Å². The quantitative estimate of drug-likeness (QED) is 0.174. The van der Waals surface area contributed by atoms with E-state index in [2.05, 4.69) is 5.32 Å². The summed E-state index contributed by atoms with van der Waals surface area (Å²) in [5, 5.41) is 13.6. The van der Waals surface area contributed by atoms with Crippen LogP contribution in [-0.2, 0) is 25.6 Å². The van der Waals surface area contributed by atoms with Gasteiger partial charge in [-0.25, -0.2) is 4.90 Å². The molecule has 0 spiro atoms. The van der Waals surface area contributed by atoms with Crippen molar-refractivity contribution >= 4 is 46.4 Å². The summed E-state index contributed by atoms with van der Waals surface area (Å²) in [6.45, 7) is 1.87. The Balaban J connectivity index is 1.09. The lowest BCUT2D eigenvalue weighted by molar-refractivity contribution is -0.132. The maximum atomic E-state index is 14.7. The predicted octanol–water partition coefficient (Wildman–Crippen LogP) is 6.92. The van der Waals surface area contributed by atoms with Gasteiger partial charge >= 0.3 is 0 Å². The highest BCUT2D eigenvalue weighted by Gasteiger charge is 2.68. The fourth-order valence-corrected chi connectivity index (χ4v) is 9.31. The number of carbonyl (C=O) groups excluding carboxylic acids is 4. The molecule has 3 aliphatic heterocycles. The lowest BCUT2D eigenvalue weighted by Crippen LogP contribution is -2.51. The SMILES string of the molecule is C[C@@]12C(=O)N(c3ccccc3)C(=O)[C@@H]1C[C@@H]1C(=CC[C@@H]3C(=O)N(c4ccc(Nc5ccccc5)cc4)C(=O)[C@@H]31)[C@@H]2C1=COc2ccc(O)cc2C1. The standard InChI is InChI=1S/C42H35N3O6/c1-42-34(39(48)45(41(42)50)28-10-6-3-7-11-28)22-33-31(37(42)25-20-24-21-30(46)16-19-35(24)51-23-25)17-18-32-36(33)40(49)44(38(32)47)29-14-12-27(13-15-29)43-26-8-4-2-5-9-26/h2-17,19,21,23,32-34,36-37,43,46H,18,20,22H2,1H3/t32-,33+,34-,36-,37-,42+/m0/s1. The Labute approximate surface area is 294 Å². The molecule has 51 heavy (non-hydrogen) atoms. The van der Waals surface area contributed by atoms with Gasteiger partial charge in [0.1, 0.15) is 11.5 Å². The number of aromatic hydroxyl groups is 1. The molecule has 4 amide bonds. The third-order valence-corrected chi connectivity index (χ3v) is 11.6. The van der Waals surface area contributed by atoms with E-state index in [4.69, 9.17) is 4.74 Å². The number of imide groups is 2. The van der Waals surface area contributed by atoms with Gasteiger partial charge in [0.05, 0.1) is 40.8 Å². The molecular formula is C42H35N3O6. The number of hydrogen-bond acceptors (Lipinski definition) is 7. The minimum atomic E-state index is -1.17. The van der Waals surface area contributed by atoms with E-state index in [0.717, 1.165) is 28.1 Å². The monoisotopic (exact) mass is 677 g/mol. The second-order valence-corrected chi connectivity index (χ2v) is 14.3. The van der Waals surface area contributed by atoms with Crippen LogP contribution in [0.3, 0.4) is 0 Å². The summed E-state index contributed by atoms with van der Waals surface area (Å²) in [6, 6.07) is 30.9. The van der Waals surface area contributed by atoms with Crippen molar-refractivity contribution in [2.45, 2.75) is 26.2 Å². The van der Waals surface area contributed by atoms with Gasteiger partial charge in [-0.05, 0) is 98.0 Å². The first-order valence-corrected chi connectivity index (χ1v) is 17.3. The van der Waals surface area contributed by atoms with Crippen molar-refractivity contribution in [2.75, 3.05) is 15.1 Å². The van der Waals surface area contributed by atoms with Gasteiger partial charge in [0.2, 0.25) is 23.6 Å². The molecule has 2 N–H and O–H groups in total. The van der Waals surface area contributed by atoms with Gasteiger partial charge < -0.3 is 15.2 Å². The lowest BCUT2D eigenvalue weighted by Gasteiger charge is -2.49. The largest absolute Gasteiger partial charge is 0.508 e. The molecule has 9 nitrogen and oxygen atoms in total. The number of fused-ring (bicyclic) bond motifs is 5. The molecule has 2 aliphatic carbocycles. The highest BCUT2D eigenvalue weighted by Crippen LogP contribution is 2.63. The van der Waals surface area contributed by atoms with Crippen LogP contribution in [0.5, 0.6) is 11.5 Å². The summed E-state index contributed by atoms with van der Waals surface area (Å²) in [6.07, 6.45) is 4.72. The predicted molar refractivity (Wildman–Crippen MR) is 191 cm³/mol. The third kappa shape index (κ3) is 4.67. The average molecular weight is 678 g/mol. The Kier molecular flexibility index (Phi) is 7.03. The van der Waals surface area contributed by atoms with Crippen LogP contribution in [-0.4, -0.2) is 28.7 Å². The van der Waals surface area contributed by atoms with Gasteiger partial charge in [0, 0.05) is 29.3 Å². The van der Waals surface area contributed by atoms with E-state index < -0.39 is 35.0 Å². The fourth-order valence-electron chi connectivity index (χ4n) is 9.31. The number of nitrogens with zero attached hydrogens (tertiary/aromatic N) is 2. The summed E-state index contributed by atoms with van der Waals surface area (Å²) in [5.41, 5.74) is 4.04. The number of benzene rings is 4. The van der Waals surface area contributed by atoms with E-state index in [0.29, 0.717) is 30.0 Å². The molecular weight excluding hydrogens is 642 g/mol. The fraction of sp³-hybridized carbons (Fsp3) is 0.238. The number of hydrogen-bond donors (Lipinski definition) is 2. The Bertz CT molecular complexity index is 2180. The molecule has 4 aromatic carbocycles. The van der Waals surface area contributed by atoms with Crippen LogP contribution in [0.4, 0.5) is 22.7 Å². The molecule has 9 heteroatoms. The number of ether oxygens (including phenoxy) is 1. The Hall–Kier alpha value is -5.96. The molecule has 1 saturated carbocycles. The van der Waals surface area contributed by atoms with E-state index >= 15 is 0 Å². The Morgan fingerprint density at radius 1 is 0.765 bits per heavy atom. The third-order valence-electron chi connectivity index (χ3n) is 11.6. The normalized spacial score (nSPS) is 27.9. The van der Waals surface area contributed by atoms with Crippen molar-refractivity contribution in [1.82, 2.24) is 0 Å². The summed E-state index contributed by atoms with van der Waals surface area (Å²) in [7, 11) is 0. The molecule has 2 saturated heterocycles. The topological polar surface area (TPSA) is 116 Å². The molecule has 3 heterocycles. The second-order valence-electron chi connectivity index (χ2n) is 14.3. The maximum Gasteiger partial charge on any atom is 0.241 e. The first-order valence-electron chi connectivity index (χ1n) is 17.3. The Morgan fingerprint density at radius 2 is 1.45 bits per heavy atom. The van der Waals surface area contributed by atoms with E-state index in [1.54, 1.807) is 60.9 Å². The zero-order valence-electron chi connectivity index (χ0n) is 27.9. The number of rotatable bonds is 5. The number of phenolic OH excluding ortho intramolecular Hbond substituents is 1. The van der Waals surface area contributed by atoms with Gasteiger partial charge in [-0.3, -0.25) is 24.1 Å². The van der Waals surface area contributed by atoms with Crippen molar-refractivity contribution in [2.24, 2.45) is 35.0 Å². The van der Waals surface area contributed by atoms with Crippen molar-refractivity contribution in [3.05, 3.63) is 132 Å². The number of anilines is 4. The first kappa shape index (κ1) is 31.1. The number of carbonyl (C=O) groups is 4. The van der Waals surface area contributed by atoms with Gasteiger partial charge in [0.15, 0.2) is 0 Å². The average Bonchev–Trinajstić information content (AvgIpc) is 3.51. The molecule has 3 fully saturated rings. The van der Waals surface area contributed by atoms with E-state index in [9.17, 15) is 24.3 Å². The highest BCUT2D eigenvalue weighted by atomic mass is 16.5. The summed E-state index contributed by atoms with van der Waals surface area (Å²) < 4.78 is 6.09. The van der Waals surface area contributed by atoms with Crippen LogP contribution >= 0.6 is 0 Å². The maximum absolute atomic E-state index is 14.7. The second kappa shape index (κ2) is 11.6. The van der Waals surface area contributed by atoms with E-state index in [1.165, 1.54) is 9.80 Å². The number of para-hydroxylation sites is 2. The van der Waals surface area contributed by atoms with Crippen LogP contribution in [0, 0.1) is 35.0 Å². The number of allylic oxidation sites excluding steroid dienone is 3. The molecule has 0 aromatic heterocycles. The first-order chi connectivity index (χ1) is 24.7. The zero-order valence-corrected chi connectivity index (χ0v) is 27.9. The minimum absolute atomic E-state index is 0.102. The molecule has 4 aromatic rings. The minimum Gasteiger partial charge on any atom is -0.508 e. The molecule has 0 radical (unpaired) electrons.